The fourth-order valence-electron chi connectivity index (χ4n) is 4.86. The third kappa shape index (κ3) is 5.24. The molecule has 188 valence electrons. The Kier molecular flexibility index (Phi) is 7.13. The van der Waals surface area contributed by atoms with E-state index in [1.54, 1.807) is 11.3 Å². The molecule has 1 aliphatic carbocycles. The largest absolute Gasteiger partial charge is 0.365 e. The van der Waals surface area contributed by atoms with Gasteiger partial charge in [0.2, 0.25) is 10.1 Å². The first-order valence-corrected chi connectivity index (χ1v) is 13.9. The number of rotatable bonds is 7. The number of fused-ring (bicyclic) bond motifs is 1. The van der Waals surface area contributed by atoms with Crippen LogP contribution in [0.4, 0.5) is 15.7 Å². The summed E-state index contributed by atoms with van der Waals surface area (Å²) in [5, 5.41) is 12.8. The van der Waals surface area contributed by atoms with E-state index in [0.29, 0.717) is 31.6 Å². The molecule has 1 aliphatic heterocycles. The monoisotopic (exact) mass is 495 g/mol. The SMILES string of the molecule is CCc1ccc(-c2nc3sc(N4CCN(C(=O)NCC(C)C)CC4)nn3c2NC2CCCC2)cc1. The Labute approximate surface area is 211 Å². The number of benzene rings is 1. The molecular formula is C26H37N7OS. The number of aryl methyl sites for hydroxylation is 1. The first-order chi connectivity index (χ1) is 17.0. The number of aromatic nitrogens is 3. The number of urea groups is 1. The third-order valence-electron chi connectivity index (χ3n) is 7.02. The molecule has 3 heterocycles. The van der Waals surface area contributed by atoms with Crippen molar-refractivity contribution in [3.63, 3.8) is 0 Å². The van der Waals surface area contributed by atoms with Crippen LogP contribution >= 0.6 is 11.3 Å². The van der Waals surface area contributed by atoms with Crippen molar-refractivity contribution in [2.24, 2.45) is 5.92 Å². The molecule has 0 bridgehead atoms. The molecule has 0 atom stereocenters. The number of anilines is 2. The number of piperazine rings is 1. The van der Waals surface area contributed by atoms with Crippen molar-refractivity contribution in [3.05, 3.63) is 29.8 Å². The van der Waals surface area contributed by atoms with Crippen LogP contribution < -0.4 is 15.5 Å². The standard InChI is InChI=1S/C26H37N7OS/c1-4-19-9-11-20(12-10-19)22-23(28-21-7-5-6-8-21)33-25(29-22)35-26(30-33)32-15-13-31(14-16-32)24(34)27-17-18(2)3/h9-12,18,21,28H,4-8,13-17H2,1-3H3,(H,27,34). The minimum atomic E-state index is 0.0362. The first kappa shape index (κ1) is 23.9. The zero-order chi connectivity index (χ0) is 24.4. The zero-order valence-electron chi connectivity index (χ0n) is 21.1. The maximum atomic E-state index is 12.4. The Morgan fingerprint density at radius 2 is 1.83 bits per heavy atom. The summed E-state index contributed by atoms with van der Waals surface area (Å²) < 4.78 is 2.00. The lowest BCUT2D eigenvalue weighted by Gasteiger charge is -2.34. The lowest BCUT2D eigenvalue weighted by Crippen LogP contribution is -2.52. The summed E-state index contributed by atoms with van der Waals surface area (Å²) >= 11 is 1.63. The van der Waals surface area contributed by atoms with Crippen molar-refractivity contribution in [2.75, 3.05) is 42.9 Å². The van der Waals surface area contributed by atoms with Crippen molar-refractivity contribution < 1.29 is 4.79 Å². The molecule has 2 N–H and O–H groups in total. The van der Waals surface area contributed by atoms with Crippen molar-refractivity contribution >= 4 is 33.3 Å². The number of nitrogens with one attached hydrogen (secondary N) is 2. The van der Waals surface area contributed by atoms with E-state index in [4.69, 9.17) is 10.1 Å². The molecule has 0 spiro atoms. The predicted molar refractivity (Wildman–Crippen MR) is 144 cm³/mol. The van der Waals surface area contributed by atoms with Gasteiger partial charge in [0, 0.05) is 44.3 Å². The van der Waals surface area contributed by atoms with Gasteiger partial charge >= 0.3 is 6.03 Å². The maximum Gasteiger partial charge on any atom is 0.317 e. The van der Waals surface area contributed by atoms with Crippen LogP contribution in [-0.2, 0) is 6.42 Å². The lowest BCUT2D eigenvalue weighted by atomic mass is 10.1. The lowest BCUT2D eigenvalue weighted by molar-refractivity contribution is 0.193. The molecule has 2 aliphatic rings. The summed E-state index contributed by atoms with van der Waals surface area (Å²) in [6.07, 6.45) is 5.97. The zero-order valence-corrected chi connectivity index (χ0v) is 21.9. The Morgan fingerprint density at radius 1 is 1.11 bits per heavy atom. The van der Waals surface area contributed by atoms with Crippen LogP contribution in [0.2, 0.25) is 0 Å². The summed E-state index contributed by atoms with van der Waals surface area (Å²) in [5.74, 6) is 1.46. The molecule has 3 aromatic rings. The van der Waals surface area contributed by atoms with Gasteiger partial charge in [0.25, 0.3) is 0 Å². The number of carbonyl (C=O) groups is 1. The summed E-state index contributed by atoms with van der Waals surface area (Å²) in [6, 6.07) is 9.25. The van der Waals surface area contributed by atoms with E-state index in [9.17, 15) is 4.79 Å². The van der Waals surface area contributed by atoms with Crippen LogP contribution in [0, 0.1) is 5.92 Å². The molecule has 1 saturated heterocycles. The summed E-state index contributed by atoms with van der Waals surface area (Å²) in [4.78, 5) is 22.6. The molecule has 2 amide bonds. The molecule has 1 saturated carbocycles. The van der Waals surface area contributed by atoms with Crippen LogP contribution in [0.3, 0.4) is 0 Å². The molecule has 2 aromatic heterocycles. The fraction of sp³-hybridized carbons (Fsp3) is 0.577. The van der Waals surface area contributed by atoms with Gasteiger partial charge < -0.3 is 20.4 Å². The number of amides is 2. The predicted octanol–water partition coefficient (Wildman–Crippen LogP) is 4.86. The van der Waals surface area contributed by atoms with E-state index in [1.165, 1.54) is 31.2 Å². The first-order valence-electron chi connectivity index (χ1n) is 13.0. The molecule has 0 unspecified atom stereocenters. The Morgan fingerprint density at radius 3 is 2.49 bits per heavy atom. The average Bonchev–Trinajstić information content (AvgIpc) is 3.61. The fourth-order valence-corrected chi connectivity index (χ4v) is 5.82. The Hall–Kier alpha value is -2.81. The minimum Gasteiger partial charge on any atom is -0.365 e. The smallest absolute Gasteiger partial charge is 0.317 e. The van der Waals surface area contributed by atoms with E-state index in [-0.39, 0.29) is 6.03 Å². The highest BCUT2D eigenvalue weighted by molar-refractivity contribution is 7.20. The topological polar surface area (TPSA) is 77.8 Å². The number of nitrogens with zero attached hydrogens (tertiary/aromatic N) is 5. The molecule has 0 radical (unpaired) electrons. The van der Waals surface area contributed by atoms with E-state index < -0.39 is 0 Å². The van der Waals surface area contributed by atoms with Crippen LogP contribution in [0.1, 0.15) is 52.0 Å². The Balaban J connectivity index is 1.35. The minimum absolute atomic E-state index is 0.0362. The van der Waals surface area contributed by atoms with Gasteiger partial charge in [-0.3, -0.25) is 0 Å². The number of hydrogen-bond acceptors (Lipinski definition) is 6. The van der Waals surface area contributed by atoms with Crippen LogP contribution in [0.25, 0.3) is 16.2 Å². The van der Waals surface area contributed by atoms with Gasteiger partial charge in [-0.25, -0.2) is 9.78 Å². The second-order valence-corrected chi connectivity index (χ2v) is 11.1. The van der Waals surface area contributed by atoms with Crippen molar-refractivity contribution in [2.45, 2.75) is 58.9 Å². The van der Waals surface area contributed by atoms with E-state index >= 15 is 0 Å². The van der Waals surface area contributed by atoms with Gasteiger partial charge in [0.05, 0.1) is 0 Å². The highest BCUT2D eigenvalue weighted by Crippen LogP contribution is 2.35. The van der Waals surface area contributed by atoms with Crippen molar-refractivity contribution in [1.29, 1.82) is 0 Å². The van der Waals surface area contributed by atoms with Crippen molar-refractivity contribution in [3.8, 4) is 11.3 Å². The molecule has 9 heteroatoms. The molecule has 35 heavy (non-hydrogen) atoms. The number of imidazole rings is 1. The second kappa shape index (κ2) is 10.4. The van der Waals surface area contributed by atoms with E-state index in [1.807, 2.05) is 9.42 Å². The summed E-state index contributed by atoms with van der Waals surface area (Å²) in [5.41, 5.74) is 3.44. The summed E-state index contributed by atoms with van der Waals surface area (Å²) in [7, 11) is 0. The van der Waals surface area contributed by atoms with Crippen LogP contribution in [0.15, 0.2) is 24.3 Å². The van der Waals surface area contributed by atoms with Gasteiger partial charge in [0.15, 0.2) is 5.82 Å². The number of carbonyl (C=O) groups excluding carboxylic acids is 1. The second-order valence-electron chi connectivity index (χ2n) is 10.1. The maximum absolute atomic E-state index is 12.4. The molecule has 5 rings (SSSR count). The van der Waals surface area contributed by atoms with Gasteiger partial charge in [-0.1, -0.05) is 69.2 Å². The third-order valence-corrected chi connectivity index (χ3v) is 7.99. The van der Waals surface area contributed by atoms with E-state index in [2.05, 4.69) is 60.6 Å². The average molecular weight is 496 g/mol. The molecule has 8 nitrogen and oxygen atoms in total. The summed E-state index contributed by atoms with van der Waals surface area (Å²) in [6.45, 7) is 10.1. The quantitative estimate of drug-likeness (QED) is 0.489. The van der Waals surface area contributed by atoms with Gasteiger partial charge in [-0.2, -0.15) is 4.52 Å². The molecule has 1 aromatic carbocycles. The van der Waals surface area contributed by atoms with Crippen LogP contribution in [0.5, 0.6) is 0 Å². The van der Waals surface area contributed by atoms with Gasteiger partial charge in [-0.15, -0.1) is 5.10 Å². The highest BCUT2D eigenvalue weighted by Gasteiger charge is 2.26. The van der Waals surface area contributed by atoms with Crippen molar-refractivity contribution in [1.82, 2.24) is 24.8 Å². The highest BCUT2D eigenvalue weighted by atomic mass is 32.1. The van der Waals surface area contributed by atoms with Gasteiger partial charge in [-0.05, 0) is 30.7 Å². The Bertz CT molecular complexity index is 1140. The normalized spacial score (nSPS) is 17.0. The van der Waals surface area contributed by atoms with E-state index in [0.717, 1.165) is 46.7 Å². The number of hydrogen-bond donors (Lipinski definition) is 2. The molecular weight excluding hydrogens is 458 g/mol. The van der Waals surface area contributed by atoms with Crippen LogP contribution in [-0.4, -0.2) is 64.3 Å². The molecule has 2 fully saturated rings. The van der Waals surface area contributed by atoms with Gasteiger partial charge in [0.1, 0.15) is 5.69 Å².